The van der Waals surface area contributed by atoms with Crippen LogP contribution in [0.5, 0.6) is 0 Å². The number of aliphatic hydroxyl groups is 1. The minimum absolute atomic E-state index is 0.119. The summed E-state index contributed by atoms with van der Waals surface area (Å²) < 4.78 is 14.4. The van der Waals surface area contributed by atoms with E-state index in [0.717, 1.165) is 70.5 Å². The van der Waals surface area contributed by atoms with Gasteiger partial charge in [0, 0.05) is 42.8 Å². The van der Waals surface area contributed by atoms with Gasteiger partial charge in [0.2, 0.25) is 6.54 Å². The number of hydrogen-bond acceptors (Lipinski definition) is 13. The molecule has 9 atom stereocenters. The van der Waals surface area contributed by atoms with E-state index in [2.05, 4.69) is 69.2 Å². The first-order chi connectivity index (χ1) is 32.0. The third-order valence-electron chi connectivity index (χ3n) is 11.6. The highest BCUT2D eigenvalue weighted by Crippen LogP contribution is 2.20. The lowest BCUT2D eigenvalue weighted by Gasteiger charge is -2.17. The highest BCUT2D eigenvalue weighted by Gasteiger charge is 2.22. The van der Waals surface area contributed by atoms with Crippen molar-refractivity contribution in [1.82, 2.24) is 0 Å². The molecule has 0 aromatic rings. The maximum Gasteiger partial charge on any atom is 0.330 e. The molecule has 406 valence electrons. The summed E-state index contributed by atoms with van der Waals surface area (Å²) in [4.78, 5) is 63.5. The molecular formula is C53H107N3O12. The molecule has 0 amide bonds. The standard InChI is InChI=1S/C11H21NO4.C11H23NO2.C10H18O2.C9H19NO2.C6H14O.C6H12O/c1-4-9(3)6-10(8-12(14)15)7-11(13)16-5-2;1-4-9(3)6-10(8-12)7-11(13)14-5-2;1-4-9(3)7-6-8-10(11)12-5-2;1-3-7(2)4-8(6-10)5-9(11)12;2*1-3-6(2)4-5-7/h9-10H,4-8H2,1-3H3;9-10H,4-8,12H2,1-3H3;6,8-9H,4-5,7H2,1-3H3;7-8H,3-6,10H2,1-2H3,(H,11,12);6-7H,3-5H2,1-2H3;5-6H,3-4H2,1-2H3. The molecule has 0 aliphatic heterocycles. The SMILES string of the molecule is CCC(C)CC(CN)CC(=O)O.CCC(C)CC=O.CCC(C)CCO.CCOC(=O)C=CCC(C)CC.CCOC(=O)CC(CC(C)CC)C[N+](=O)[O-].CCOC(=O)CC(CN)CC(C)CC. The van der Waals surface area contributed by atoms with Crippen LogP contribution < -0.4 is 11.5 Å². The molecule has 9 unspecified atom stereocenters. The normalized spacial score (nSPS) is 14.3. The molecule has 15 heteroatoms. The summed E-state index contributed by atoms with van der Waals surface area (Å²) in [5.74, 6) is 2.34. The highest BCUT2D eigenvalue weighted by atomic mass is 16.6. The van der Waals surface area contributed by atoms with E-state index < -0.39 is 5.97 Å². The Kier molecular flexibility index (Phi) is 62.8. The summed E-state index contributed by atoms with van der Waals surface area (Å²) in [6, 6.07) is 0. The topological polar surface area (TPSA) is 249 Å². The number of rotatable bonds is 32. The van der Waals surface area contributed by atoms with E-state index in [9.17, 15) is 34.1 Å². The van der Waals surface area contributed by atoms with Crippen LogP contribution in [0.25, 0.3) is 0 Å². The molecule has 68 heavy (non-hydrogen) atoms. The Labute approximate surface area is 415 Å². The number of esters is 3. The summed E-state index contributed by atoms with van der Waals surface area (Å²) in [5, 5.41) is 27.4. The van der Waals surface area contributed by atoms with Crippen molar-refractivity contribution < 1.29 is 53.3 Å². The largest absolute Gasteiger partial charge is 0.481 e. The molecule has 0 saturated heterocycles. The van der Waals surface area contributed by atoms with Crippen LogP contribution in [0.1, 0.15) is 200 Å². The number of nitrogens with two attached hydrogens (primary N) is 2. The van der Waals surface area contributed by atoms with E-state index in [1.165, 1.54) is 12.5 Å². The zero-order valence-corrected chi connectivity index (χ0v) is 46.1. The molecular weight excluding hydrogens is 871 g/mol. The molecule has 0 radical (unpaired) electrons. The van der Waals surface area contributed by atoms with Gasteiger partial charge in [0.1, 0.15) is 6.29 Å². The first kappa shape index (κ1) is 76.1. The fourth-order valence-corrected chi connectivity index (χ4v) is 5.83. The number of allylic oxidation sites excluding steroid dienone is 1. The first-order valence-corrected chi connectivity index (χ1v) is 26.0. The van der Waals surface area contributed by atoms with Gasteiger partial charge in [0.25, 0.3) is 0 Å². The van der Waals surface area contributed by atoms with Crippen molar-refractivity contribution in [3.8, 4) is 0 Å². The maximum absolute atomic E-state index is 11.3. The van der Waals surface area contributed by atoms with Crippen molar-refractivity contribution in [2.24, 2.45) is 64.7 Å². The summed E-state index contributed by atoms with van der Waals surface area (Å²) in [5.41, 5.74) is 11.1. The predicted octanol–water partition coefficient (Wildman–Crippen LogP) is 11.3. The minimum Gasteiger partial charge on any atom is -0.481 e. The number of aliphatic carboxylic acids is 1. The van der Waals surface area contributed by atoms with Crippen molar-refractivity contribution in [3.63, 3.8) is 0 Å². The van der Waals surface area contributed by atoms with E-state index in [-0.39, 0.29) is 60.0 Å². The Hall–Kier alpha value is -3.43. The molecule has 15 nitrogen and oxygen atoms in total. The van der Waals surface area contributed by atoms with Gasteiger partial charge in [-0.2, -0.15) is 0 Å². The van der Waals surface area contributed by atoms with Crippen molar-refractivity contribution in [2.75, 3.05) is 46.1 Å². The Morgan fingerprint density at radius 2 is 0.941 bits per heavy atom. The second kappa shape index (κ2) is 56.2. The van der Waals surface area contributed by atoms with Gasteiger partial charge in [0.05, 0.1) is 26.2 Å². The van der Waals surface area contributed by atoms with Crippen LogP contribution in [0.2, 0.25) is 0 Å². The van der Waals surface area contributed by atoms with E-state index >= 15 is 0 Å². The van der Waals surface area contributed by atoms with Gasteiger partial charge in [0.15, 0.2) is 0 Å². The van der Waals surface area contributed by atoms with Gasteiger partial charge in [-0.25, -0.2) is 4.79 Å². The minimum atomic E-state index is -0.742. The van der Waals surface area contributed by atoms with Crippen LogP contribution in [-0.2, 0) is 38.2 Å². The molecule has 0 saturated carbocycles. The first-order valence-electron chi connectivity index (χ1n) is 26.0. The summed E-state index contributed by atoms with van der Waals surface area (Å²) >= 11 is 0. The molecule has 0 rings (SSSR count). The van der Waals surface area contributed by atoms with Crippen molar-refractivity contribution >= 4 is 30.2 Å². The number of hydrogen-bond donors (Lipinski definition) is 4. The lowest BCUT2D eigenvalue weighted by Crippen LogP contribution is -2.21. The predicted molar refractivity (Wildman–Crippen MR) is 279 cm³/mol. The van der Waals surface area contributed by atoms with Crippen LogP contribution in [0.3, 0.4) is 0 Å². The number of ether oxygens (including phenoxy) is 3. The number of carbonyl (C=O) groups excluding carboxylic acids is 4. The van der Waals surface area contributed by atoms with Crippen LogP contribution in [0, 0.1) is 63.4 Å². The lowest BCUT2D eigenvalue weighted by atomic mass is 9.91. The molecule has 0 aromatic carbocycles. The smallest absolute Gasteiger partial charge is 0.330 e. The third-order valence-corrected chi connectivity index (χ3v) is 11.6. The van der Waals surface area contributed by atoms with Crippen LogP contribution in [0.15, 0.2) is 12.2 Å². The number of aliphatic hydroxyl groups excluding tert-OH is 1. The van der Waals surface area contributed by atoms with Gasteiger partial charge in [-0.15, -0.1) is 0 Å². The second-order valence-corrected chi connectivity index (χ2v) is 18.3. The van der Waals surface area contributed by atoms with Crippen LogP contribution in [-0.4, -0.2) is 91.4 Å². The Morgan fingerprint density at radius 3 is 1.24 bits per heavy atom. The number of aldehydes is 1. The molecule has 0 aliphatic carbocycles. The van der Waals surface area contributed by atoms with Gasteiger partial charge in [-0.05, 0) is 113 Å². The molecule has 0 heterocycles. The summed E-state index contributed by atoms with van der Waals surface area (Å²) in [7, 11) is 0. The molecule has 0 bridgehead atoms. The number of carbonyl (C=O) groups is 5. The number of nitro groups is 1. The van der Waals surface area contributed by atoms with E-state index in [0.29, 0.717) is 87.9 Å². The maximum atomic E-state index is 11.3. The van der Waals surface area contributed by atoms with Crippen molar-refractivity contribution in [1.29, 1.82) is 0 Å². The van der Waals surface area contributed by atoms with Gasteiger partial charge < -0.3 is 40.7 Å². The fraction of sp³-hybridized carbons (Fsp3) is 0.868. The lowest BCUT2D eigenvalue weighted by molar-refractivity contribution is -0.488. The van der Waals surface area contributed by atoms with E-state index in [4.69, 9.17) is 35.9 Å². The quantitative estimate of drug-likeness (QED) is 0.0122. The Morgan fingerprint density at radius 1 is 0.574 bits per heavy atom. The Balaban J connectivity index is -0.000000173. The monoisotopic (exact) mass is 978 g/mol. The van der Waals surface area contributed by atoms with Crippen LogP contribution >= 0.6 is 0 Å². The van der Waals surface area contributed by atoms with E-state index in [1.54, 1.807) is 13.8 Å². The zero-order chi connectivity index (χ0) is 53.9. The van der Waals surface area contributed by atoms with Gasteiger partial charge >= 0.3 is 23.9 Å². The molecule has 0 aromatic heterocycles. The third kappa shape index (κ3) is 62.6. The summed E-state index contributed by atoms with van der Waals surface area (Å²) in [6.45, 7) is 33.3. The van der Waals surface area contributed by atoms with E-state index in [1.807, 2.05) is 26.8 Å². The van der Waals surface area contributed by atoms with Gasteiger partial charge in [-0.1, -0.05) is 128 Å². The van der Waals surface area contributed by atoms with Gasteiger partial charge in [-0.3, -0.25) is 24.5 Å². The van der Waals surface area contributed by atoms with Crippen LogP contribution in [0.4, 0.5) is 0 Å². The molecule has 0 spiro atoms. The molecule has 6 N–H and O–H groups in total. The number of nitrogens with zero attached hydrogens (tertiary/aromatic N) is 1. The number of carboxylic acids is 1. The number of carboxylic acid groups (broad SMARTS) is 1. The fourth-order valence-electron chi connectivity index (χ4n) is 5.83. The Bertz CT molecular complexity index is 1210. The average Bonchev–Trinajstić information content (AvgIpc) is 3.29. The highest BCUT2D eigenvalue weighted by molar-refractivity contribution is 5.81. The zero-order valence-electron chi connectivity index (χ0n) is 46.1. The molecule has 0 fully saturated rings. The molecule has 0 aliphatic rings. The second-order valence-electron chi connectivity index (χ2n) is 18.3. The average molecular weight is 978 g/mol. The summed E-state index contributed by atoms with van der Waals surface area (Å²) in [6.07, 6.45) is 17.1. The van der Waals surface area contributed by atoms with Crippen molar-refractivity contribution in [3.05, 3.63) is 22.3 Å². The van der Waals surface area contributed by atoms with Crippen molar-refractivity contribution in [2.45, 2.75) is 200 Å².